The Morgan fingerprint density at radius 2 is 2.17 bits per heavy atom. The molecule has 1 aliphatic heterocycles. The van der Waals surface area contributed by atoms with Gasteiger partial charge < -0.3 is 5.11 Å². The monoisotopic (exact) mass is 188 g/mol. The molecule has 0 aromatic heterocycles. The number of ketones is 1. The van der Waals surface area contributed by atoms with Crippen molar-refractivity contribution in [2.75, 3.05) is 5.75 Å². The van der Waals surface area contributed by atoms with E-state index in [9.17, 15) is 9.90 Å². The molecule has 3 atom stereocenters. The van der Waals surface area contributed by atoms with Gasteiger partial charge in [0.05, 0.1) is 0 Å². The zero-order chi connectivity index (χ0) is 9.35. The van der Waals surface area contributed by atoms with Crippen LogP contribution in [-0.4, -0.2) is 27.5 Å². The fraction of sp³-hybridized carbons (Fsp3) is 0.889. The number of thioether (sulfide) groups is 1. The lowest BCUT2D eigenvalue weighted by Gasteiger charge is -2.38. The average molecular weight is 188 g/mol. The maximum absolute atomic E-state index is 11.2. The van der Waals surface area contributed by atoms with Gasteiger partial charge in [-0.2, -0.15) is 11.8 Å². The molecule has 0 aromatic carbocycles. The van der Waals surface area contributed by atoms with Crippen LogP contribution in [0.2, 0.25) is 0 Å². The first kappa shape index (κ1) is 10.1. The Morgan fingerprint density at radius 3 is 2.58 bits per heavy atom. The number of hydrogen-bond donors (Lipinski definition) is 1. The molecule has 1 unspecified atom stereocenters. The van der Waals surface area contributed by atoms with Gasteiger partial charge in [-0.05, 0) is 19.1 Å². The van der Waals surface area contributed by atoms with Gasteiger partial charge >= 0.3 is 0 Å². The molecule has 12 heavy (non-hydrogen) atoms. The SMILES string of the molecule is CC(=O)C1(O)C[C@H](C)SC[C@H]1C. The highest BCUT2D eigenvalue weighted by Crippen LogP contribution is 2.37. The molecule has 0 aromatic rings. The molecule has 1 saturated heterocycles. The van der Waals surface area contributed by atoms with E-state index < -0.39 is 5.60 Å². The van der Waals surface area contributed by atoms with E-state index in [0.29, 0.717) is 11.7 Å². The normalized spacial score (nSPS) is 42.7. The Morgan fingerprint density at radius 1 is 1.58 bits per heavy atom. The summed E-state index contributed by atoms with van der Waals surface area (Å²) in [5.41, 5.74) is -1.05. The third-order valence-corrected chi connectivity index (χ3v) is 4.08. The number of carbonyl (C=O) groups is 1. The second kappa shape index (κ2) is 3.38. The van der Waals surface area contributed by atoms with Gasteiger partial charge in [-0.25, -0.2) is 0 Å². The number of aliphatic hydroxyl groups is 1. The molecule has 70 valence electrons. The molecular weight excluding hydrogens is 172 g/mol. The highest BCUT2D eigenvalue weighted by Gasteiger charge is 2.42. The summed E-state index contributed by atoms with van der Waals surface area (Å²) in [5, 5.41) is 10.4. The molecule has 0 bridgehead atoms. The lowest BCUT2D eigenvalue weighted by Crippen LogP contribution is -2.49. The molecule has 3 heteroatoms. The van der Waals surface area contributed by atoms with Crippen molar-refractivity contribution in [2.24, 2.45) is 5.92 Å². The smallest absolute Gasteiger partial charge is 0.161 e. The minimum Gasteiger partial charge on any atom is -0.382 e. The Balaban J connectivity index is 2.77. The minimum atomic E-state index is -1.05. The summed E-state index contributed by atoms with van der Waals surface area (Å²) < 4.78 is 0. The Bertz CT molecular complexity index is 193. The van der Waals surface area contributed by atoms with Crippen LogP contribution in [0.15, 0.2) is 0 Å². The minimum absolute atomic E-state index is 0.0813. The maximum atomic E-state index is 11.2. The zero-order valence-electron chi connectivity index (χ0n) is 7.83. The van der Waals surface area contributed by atoms with E-state index >= 15 is 0 Å². The molecule has 0 radical (unpaired) electrons. The highest BCUT2D eigenvalue weighted by molar-refractivity contribution is 7.99. The van der Waals surface area contributed by atoms with E-state index in [1.165, 1.54) is 6.92 Å². The van der Waals surface area contributed by atoms with Gasteiger partial charge in [-0.1, -0.05) is 13.8 Å². The van der Waals surface area contributed by atoms with Crippen LogP contribution in [0, 0.1) is 5.92 Å². The summed E-state index contributed by atoms with van der Waals surface area (Å²) in [5.74, 6) is 0.899. The molecule has 0 amide bonds. The van der Waals surface area contributed by atoms with Crippen LogP contribution in [0.25, 0.3) is 0 Å². The molecular formula is C9H16O2S. The summed E-state index contributed by atoms with van der Waals surface area (Å²) in [6.07, 6.45) is 0.605. The quantitative estimate of drug-likeness (QED) is 0.677. The molecule has 1 fully saturated rings. The molecule has 1 aliphatic rings. The van der Waals surface area contributed by atoms with Crippen LogP contribution in [0.5, 0.6) is 0 Å². The van der Waals surface area contributed by atoms with Crippen LogP contribution in [-0.2, 0) is 4.79 Å². The molecule has 0 aliphatic carbocycles. The van der Waals surface area contributed by atoms with E-state index in [2.05, 4.69) is 6.92 Å². The summed E-state index contributed by atoms with van der Waals surface area (Å²) in [6, 6.07) is 0. The molecule has 1 rings (SSSR count). The van der Waals surface area contributed by atoms with E-state index in [4.69, 9.17) is 0 Å². The van der Waals surface area contributed by atoms with E-state index in [0.717, 1.165) is 5.75 Å². The van der Waals surface area contributed by atoms with Gasteiger partial charge in [0.15, 0.2) is 5.78 Å². The third kappa shape index (κ3) is 1.67. The predicted octanol–water partition coefficient (Wildman–Crippen LogP) is 1.47. The predicted molar refractivity (Wildman–Crippen MR) is 51.3 cm³/mol. The molecule has 1 N–H and O–H groups in total. The van der Waals surface area contributed by atoms with Crippen LogP contribution in [0.1, 0.15) is 27.2 Å². The summed E-state index contributed by atoms with van der Waals surface area (Å²) in [6.45, 7) is 5.49. The van der Waals surface area contributed by atoms with Gasteiger partial charge in [0.1, 0.15) is 5.60 Å². The van der Waals surface area contributed by atoms with Crippen LogP contribution < -0.4 is 0 Å². The summed E-state index contributed by atoms with van der Waals surface area (Å²) in [7, 11) is 0. The highest BCUT2D eigenvalue weighted by atomic mass is 32.2. The van der Waals surface area contributed by atoms with E-state index in [-0.39, 0.29) is 11.7 Å². The number of rotatable bonds is 1. The standard InChI is InChI=1S/C9H16O2S/c1-6-5-12-7(2)4-9(6,11)8(3)10/h6-7,11H,4-5H2,1-3H3/t6-,7+,9?/m1/s1. The first-order valence-electron chi connectivity index (χ1n) is 4.32. The van der Waals surface area contributed by atoms with Crippen molar-refractivity contribution in [2.45, 2.75) is 38.0 Å². The lowest BCUT2D eigenvalue weighted by atomic mass is 9.82. The van der Waals surface area contributed by atoms with Gasteiger partial charge in [-0.3, -0.25) is 4.79 Å². The fourth-order valence-corrected chi connectivity index (χ4v) is 2.90. The van der Waals surface area contributed by atoms with Crippen molar-refractivity contribution in [3.63, 3.8) is 0 Å². The van der Waals surface area contributed by atoms with Crippen molar-refractivity contribution in [1.82, 2.24) is 0 Å². The fourth-order valence-electron chi connectivity index (χ4n) is 1.64. The lowest BCUT2D eigenvalue weighted by molar-refractivity contribution is -0.140. The molecule has 2 nitrogen and oxygen atoms in total. The molecule has 0 spiro atoms. The third-order valence-electron chi connectivity index (χ3n) is 2.65. The summed E-state index contributed by atoms with van der Waals surface area (Å²) in [4.78, 5) is 11.2. The van der Waals surface area contributed by atoms with Gasteiger partial charge in [0.25, 0.3) is 0 Å². The van der Waals surface area contributed by atoms with Crippen molar-refractivity contribution >= 4 is 17.5 Å². The number of hydrogen-bond acceptors (Lipinski definition) is 3. The number of carbonyl (C=O) groups excluding carboxylic acids is 1. The molecule has 1 heterocycles. The second-order valence-corrected chi connectivity index (χ2v) is 5.20. The van der Waals surface area contributed by atoms with E-state index in [1.54, 1.807) is 0 Å². The van der Waals surface area contributed by atoms with Gasteiger partial charge in [0.2, 0.25) is 0 Å². The Hall–Kier alpha value is -0.0200. The van der Waals surface area contributed by atoms with Crippen molar-refractivity contribution in [3.05, 3.63) is 0 Å². The topological polar surface area (TPSA) is 37.3 Å². The molecule has 0 saturated carbocycles. The van der Waals surface area contributed by atoms with E-state index in [1.807, 2.05) is 18.7 Å². The Labute approximate surface area is 77.7 Å². The van der Waals surface area contributed by atoms with Gasteiger partial charge in [0, 0.05) is 11.2 Å². The summed E-state index contributed by atoms with van der Waals surface area (Å²) >= 11 is 1.83. The van der Waals surface area contributed by atoms with Crippen LogP contribution in [0.3, 0.4) is 0 Å². The van der Waals surface area contributed by atoms with Crippen LogP contribution >= 0.6 is 11.8 Å². The van der Waals surface area contributed by atoms with Crippen molar-refractivity contribution in [1.29, 1.82) is 0 Å². The zero-order valence-corrected chi connectivity index (χ0v) is 8.65. The van der Waals surface area contributed by atoms with Crippen molar-refractivity contribution < 1.29 is 9.90 Å². The van der Waals surface area contributed by atoms with Crippen LogP contribution in [0.4, 0.5) is 0 Å². The Kier molecular flexibility index (Phi) is 2.84. The average Bonchev–Trinajstić information content (AvgIpc) is 1.97. The maximum Gasteiger partial charge on any atom is 0.161 e. The van der Waals surface area contributed by atoms with Gasteiger partial charge in [-0.15, -0.1) is 0 Å². The first-order valence-corrected chi connectivity index (χ1v) is 5.36. The number of Topliss-reactive ketones (excluding diaryl/α,β-unsaturated/α-hetero) is 1. The first-order chi connectivity index (χ1) is 5.47. The largest absolute Gasteiger partial charge is 0.382 e. The van der Waals surface area contributed by atoms with Crippen molar-refractivity contribution in [3.8, 4) is 0 Å². The second-order valence-electron chi connectivity index (χ2n) is 3.73.